The largest absolute Gasteiger partial charge is 0.486 e. The molecule has 1 heterocycles. The SMILES string of the molecule is Cc1cc(OCC(=O)CC23CC(NC(=O)C4CN(C(=O)C5CC5)c5cc(Cl)ccc5O4)(C2)C3)ccc1Cl. The first kappa shape index (κ1) is 24.6. The summed E-state index contributed by atoms with van der Waals surface area (Å²) in [6.07, 6.45) is 3.69. The molecule has 2 aromatic carbocycles. The Labute approximate surface area is 225 Å². The van der Waals surface area contributed by atoms with Crippen molar-refractivity contribution in [3.63, 3.8) is 0 Å². The van der Waals surface area contributed by atoms with E-state index in [4.69, 9.17) is 32.7 Å². The second-order valence-corrected chi connectivity index (χ2v) is 12.0. The fraction of sp³-hybridized carbons (Fsp3) is 0.464. The lowest BCUT2D eigenvalue weighted by atomic mass is 9.38. The molecule has 1 aliphatic heterocycles. The number of amides is 2. The fourth-order valence-electron chi connectivity index (χ4n) is 6.15. The Hall–Kier alpha value is -2.77. The van der Waals surface area contributed by atoms with Crippen molar-refractivity contribution in [2.75, 3.05) is 18.1 Å². The number of halogens is 2. The summed E-state index contributed by atoms with van der Waals surface area (Å²) in [7, 11) is 0. The number of aryl methyl sites for hydroxylation is 1. The van der Waals surface area contributed by atoms with E-state index >= 15 is 0 Å². The molecular formula is C28H28Cl2N2O5. The molecule has 1 unspecified atom stereocenters. The number of ketones is 1. The minimum absolute atomic E-state index is 0.0105. The Morgan fingerprint density at radius 2 is 1.86 bits per heavy atom. The van der Waals surface area contributed by atoms with Gasteiger partial charge in [-0.05, 0) is 86.4 Å². The van der Waals surface area contributed by atoms with Crippen molar-refractivity contribution in [1.82, 2.24) is 5.32 Å². The second kappa shape index (κ2) is 8.91. The Balaban J connectivity index is 1.02. The maximum Gasteiger partial charge on any atom is 0.263 e. The third-order valence-corrected chi connectivity index (χ3v) is 8.60. The van der Waals surface area contributed by atoms with Gasteiger partial charge in [0.25, 0.3) is 5.91 Å². The Morgan fingerprint density at radius 3 is 2.57 bits per heavy atom. The monoisotopic (exact) mass is 542 g/mol. The van der Waals surface area contributed by atoms with Crippen LogP contribution in [0.2, 0.25) is 10.0 Å². The highest BCUT2D eigenvalue weighted by molar-refractivity contribution is 6.31. The lowest BCUT2D eigenvalue weighted by Gasteiger charge is -2.70. The summed E-state index contributed by atoms with van der Waals surface area (Å²) < 4.78 is 11.7. The summed E-state index contributed by atoms with van der Waals surface area (Å²) in [4.78, 5) is 40.4. The van der Waals surface area contributed by atoms with E-state index in [1.54, 1.807) is 35.2 Å². The van der Waals surface area contributed by atoms with Gasteiger partial charge in [-0.25, -0.2) is 0 Å². The zero-order valence-electron chi connectivity index (χ0n) is 20.5. The van der Waals surface area contributed by atoms with Crippen LogP contribution in [0.25, 0.3) is 0 Å². The number of carbonyl (C=O) groups excluding carboxylic acids is 3. The number of nitrogens with zero attached hydrogens (tertiary/aromatic N) is 1. The van der Waals surface area contributed by atoms with Crippen molar-refractivity contribution in [2.24, 2.45) is 11.3 Å². The third kappa shape index (κ3) is 4.68. The van der Waals surface area contributed by atoms with Crippen LogP contribution in [0.1, 0.15) is 44.1 Å². The highest BCUT2D eigenvalue weighted by Crippen LogP contribution is 2.69. The highest BCUT2D eigenvalue weighted by atomic mass is 35.5. The van der Waals surface area contributed by atoms with Crippen LogP contribution < -0.4 is 19.7 Å². The van der Waals surface area contributed by atoms with Crippen molar-refractivity contribution in [3.8, 4) is 11.5 Å². The number of Topliss-reactive ketones (excluding diaryl/α,β-unsaturated/α-hetero) is 1. The quantitative estimate of drug-likeness (QED) is 0.513. The lowest BCUT2D eigenvalue weighted by Crippen LogP contribution is -2.76. The number of carbonyl (C=O) groups is 3. The minimum Gasteiger partial charge on any atom is -0.486 e. The molecule has 2 amide bonds. The zero-order chi connectivity index (χ0) is 25.9. The van der Waals surface area contributed by atoms with Gasteiger partial charge < -0.3 is 19.7 Å². The molecule has 2 aromatic rings. The van der Waals surface area contributed by atoms with E-state index < -0.39 is 6.10 Å². The van der Waals surface area contributed by atoms with Crippen LogP contribution in [-0.4, -0.2) is 42.4 Å². The Morgan fingerprint density at radius 1 is 1.11 bits per heavy atom. The molecule has 37 heavy (non-hydrogen) atoms. The molecule has 2 bridgehead atoms. The van der Waals surface area contributed by atoms with Gasteiger partial charge in [0.15, 0.2) is 11.9 Å². The van der Waals surface area contributed by atoms with E-state index in [0.717, 1.165) is 37.7 Å². The molecule has 7 rings (SSSR count). The van der Waals surface area contributed by atoms with Crippen molar-refractivity contribution < 1.29 is 23.9 Å². The first-order valence-electron chi connectivity index (χ1n) is 12.6. The van der Waals surface area contributed by atoms with E-state index in [0.29, 0.717) is 33.7 Å². The normalized spacial score (nSPS) is 27.2. The van der Waals surface area contributed by atoms with Gasteiger partial charge in [0.05, 0.1) is 12.2 Å². The molecule has 7 nitrogen and oxygen atoms in total. The maximum absolute atomic E-state index is 13.2. The first-order valence-corrected chi connectivity index (χ1v) is 13.4. The number of fused-ring (bicyclic) bond motifs is 1. The fourth-order valence-corrected chi connectivity index (χ4v) is 6.44. The number of benzene rings is 2. The summed E-state index contributed by atoms with van der Waals surface area (Å²) in [6.45, 7) is 2.07. The van der Waals surface area contributed by atoms with Gasteiger partial charge in [0.2, 0.25) is 5.91 Å². The zero-order valence-corrected chi connectivity index (χ0v) is 22.0. The topological polar surface area (TPSA) is 84.9 Å². The second-order valence-electron chi connectivity index (χ2n) is 11.2. The molecule has 0 radical (unpaired) electrons. The van der Waals surface area contributed by atoms with Crippen LogP contribution in [0.3, 0.4) is 0 Å². The number of rotatable bonds is 8. The van der Waals surface area contributed by atoms with Crippen LogP contribution in [0, 0.1) is 18.3 Å². The number of hydrogen-bond acceptors (Lipinski definition) is 5. The number of ether oxygens (including phenoxy) is 2. The highest BCUT2D eigenvalue weighted by Gasteiger charge is 2.68. The summed E-state index contributed by atoms with van der Waals surface area (Å²) in [5.74, 6) is 0.963. The van der Waals surface area contributed by atoms with Gasteiger partial charge >= 0.3 is 0 Å². The van der Waals surface area contributed by atoms with Gasteiger partial charge in [-0.3, -0.25) is 14.4 Å². The predicted octanol–water partition coefficient (Wildman–Crippen LogP) is 4.88. The average Bonchev–Trinajstić information content (AvgIpc) is 3.67. The van der Waals surface area contributed by atoms with Crippen LogP contribution in [-0.2, 0) is 14.4 Å². The van der Waals surface area contributed by atoms with Gasteiger partial charge in [-0.15, -0.1) is 0 Å². The van der Waals surface area contributed by atoms with E-state index in [9.17, 15) is 14.4 Å². The Kier molecular flexibility index (Phi) is 5.92. The molecule has 5 aliphatic rings. The number of nitrogens with one attached hydrogen (secondary N) is 1. The van der Waals surface area contributed by atoms with Crippen molar-refractivity contribution in [1.29, 1.82) is 0 Å². The smallest absolute Gasteiger partial charge is 0.263 e. The molecular weight excluding hydrogens is 515 g/mol. The standard InChI is InChI=1S/C28H28Cl2N2O5/c1-16-8-20(5-6-21(16)30)36-12-19(33)10-27-13-28(14-27,15-27)31-25(34)24-11-32(26(35)17-2-3-17)22-9-18(29)4-7-23(22)37-24/h4-9,17,24H,2-3,10-15H2,1H3,(H,31,34). The van der Waals surface area contributed by atoms with E-state index in [2.05, 4.69) is 5.32 Å². The number of hydrogen-bond donors (Lipinski definition) is 1. The molecule has 0 saturated heterocycles. The van der Waals surface area contributed by atoms with Gasteiger partial charge in [0.1, 0.15) is 18.1 Å². The van der Waals surface area contributed by atoms with Crippen LogP contribution in [0.4, 0.5) is 5.69 Å². The predicted molar refractivity (Wildman–Crippen MR) is 139 cm³/mol. The maximum atomic E-state index is 13.2. The van der Waals surface area contributed by atoms with E-state index in [1.807, 2.05) is 13.0 Å². The van der Waals surface area contributed by atoms with Gasteiger partial charge in [-0.1, -0.05) is 23.2 Å². The minimum atomic E-state index is -0.792. The van der Waals surface area contributed by atoms with Gasteiger partial charge in [-0.2, -0.15) is 0 Å². The molecule has 194 valence electrons. The van der Waals surface area contributed by atoms with Crippen molar-refractivity contribution >= 4 is 46.5 Å². The summed E-state index contributed by atoms with van der Waals surface area (Å²) in [5.41, 5.74) is 1.17. The van der Waals surface area contributed by atoms with Crippen LogP contribution in [0.5, 0.6) is 11.5 Å². The summed E-state index contributed by atoms with van der Waals surface area (Å²) in [5, 5.41) is 4.34. The molecule has 4 aliphatic carbocycles. The summed E-state index contributed by atoms with van der Waals surface area (Å²) in [6, 6.07) is 10.5. The molecule has 4 fully saturated rings. The first-order chi connectivity index (χ1) is 17.6. The van der Waals surface area contributed by atoms with E-state index in [-0.39, 0.29) is 47.6 Å². The molecule has 0 spiro atoms. The number of anilines is 1. The van der Waals surface area contributed by atoms with Gasteiger partial charge in [0, 0.05) is 27.9 Å². The molecule has 1 atom stereocenters. The summed E-state index contributed by atoms with van der Waals surface area (Å²) >= 11 is 12.2. The average molecular weight is 543 g/mol. The third-order valence-electron chi connectivity index (χ3n) is 7.94. The lowest BCUT2D eigenvalue weighted by molar-refractivity contribution is -0.175. The molecule has 4 saturated carbocycles. The van der Waals surface area contributed by atoms with E-state index in [1.165, 1.54) is 0 Å². The molecule has 9 heteroatoms. The molecule has 0 aromatic heterocycles. The van der Waals surface area contributed by atoms with Crippen molar-refractivity contribution in [3.05, 3.63) is 52.0 Å². The molecule has 1 N–H and O–H groups in total. The van der Waals surface area contributed by atoms with Crippen LogP contribution in [0.15, 0.2) is 36.4 Å². The van der Waals surface area contributed by atoms with Crippen molar-refractivity contribution in [2.45, 2.75) is 57.1 Å². The van der Waals surface area contributed by atoms with Crippen LogP contribution >= 0.6 is 23.2 Å². The Bertz CT molecular complexity index is 1290.